The summed E-state index contributed by atoms with van der Waals surface area (Å²) in [5.74, 6) is 0.925. The molecule has 28 heavy (non-hydrogen) atoms. The average molecular weight is 410 g/mol. The molecule has 1 heterocycles. The predicted octanol–water partition coefficient (Wildman–Crippen LogP) is 6.17. The van der Waals surface area contributed by atoms with E-state index >= 15 is 0 Å². The van der Waals surface area contributed by atoms with Crippen LogP contribution in [0.5, 0.6) is 5.75 Å². The molecular weight excluding hydrogens is 374 g/mol. The highest BCUT2D eigenvalue weighted by Crippen LogP contribution is 2.30. The number of benzene rings is 1. The van der Waals surface area contributed by atoms with E-state index in [0.29, 0.717) is 6.61 Å². The zero-order valence-corrected chi connectivity index (χ0v) is 18.6. The molecule has 2 rings (SSSR count). The second-order valence-electron chi connectivity index (χ2n) is 8.26. The number of unbranched alkanes of at least 4 members (excludes halogenated alkanes) is 4. The van der Waals surface area contributed by atoms with E-state index in [0.717, 1.165) is 43.8 Å². The summed E-state index contributed by atoms with van der Waals surface area (Å²) in [7, 11) is 0. The molecule has 0 radical (unpaired) electrons. The molecule has 0 N–H and O–H groups in total. The van der Waals surface area contributed by atoms with Crippen LogP contribution in [0, 0.1) is 0 Å². The maximum atomic E-state index is 12.3. The van der Waals surface area contributed by atoms with Crippen molar-refractivity contribution < 1.29 is 18.5 Å². The van der Waals surface area contributed by atoms with Crippen molar-refractivity contribution in [1.82, 2.24) is 4.31 Å². The summed E-state index contributed by atoms with van der Waals surface area (Å²) in [6.45, 7) is 9.16. The molecule has 1 aliphatic heterocycles. The van der Waals surface area contributed by atoms with Crippen LogP contribution >= 0.6 is 12.2 Å². The monoisotopic (exact) mass is 409 g/mol. The number of nitrogens with zero attached hydrogens (tertiary/aromatic N) is 1. The van der Waals surface area contributed by atoms with E-state index in [1.807, 2.05) is 32.9 Å². The number of aryl methyl sites for hydroxylation is 1. The van der Waals surface area contributed by atoms with Crippen LogP contribution in [0.2, 0.25) is 0 Å². The molecule has 0 saturated carbocycles. The lowest BCUT2D eigenvalue weighted by Crippen LogP contribution is -2.37. The Morgan fingerprint density at radius 2 is 1.89 bits per heavy atom. The second-order valence-corrected chi connectivity index (χ2v) is 9.04. The van der Waals surface area contributed by atoms with Gasteiger partial charge in [0.05, 0.1) is 19.3 Å². The molecule has 1 aromatic rings. The molecule has 0 spiro atoms. The van der Waals surface area contributed by atoms with Crippen molar-refractivity contribution in [3.05, 3.63) is 29.8 Å². The van der Waals surface area contributed by atoms with E-state index < -0.39 is 5.60 Å². The van der Waals surface area contributed by atoms with Crippen molar-refractivity contribution in [2.24, 2.45) is 0 Å². The van der Waals surface area contributed by atoms with Crippen molar-refractivity contribution >= 4 is 18.3 Å². The molecule has 0 aliphatic carbocycles. The molecule has 0 bridgehead atoms. The normalized spacial score (nSPS) is 17.0. The van der Waals surface area contributed by atoms with Crippen molar-refractivity contribution in [2.75, 3.05) is 13.2 Å². The van der Waals surface area contributed by atoms with Gasteiger partial charge >= 0.3 is 6.09 Å². The largest absolute Gasteiger partial charge is 0.494 e. The molecule has 0 unspecified atom stereocenters. The van der Waals surface area contributed by atoms with Gasteiger partial charge in [-0.05, 0) is 57.7 Å². The number of hydrogen-bond donors (Lipinski definition) is 0. The predicted molar refractivity (Wildman–Crippen MR) is 114 cm³/mol. The smallest absolute Gasteiger partial charge is 0.422 e. The van der Waals surface area contributed by atoms with Gasteiger partial charge in [0, 0.05) is 0 Å². The maximum Gasteiger partial charge on any atom is 0.422 e. The van der Waals surface area contributed by atoms with Crippen molar-refractivity contribution in [2.45, 2.75) is 84.3 Å². The molecule has 1 fully saturated rings. The summed E-state index contributed by atoms with van der Waals surface area (Å²) in [5.41, 5.74) is 0.729. The van der Waals surface area contributed by atoms with Gasteiger partial charge in [0.15, 0.2) is 0 Å². The Balaban J connectivity index is 1.72. The van der Waals surface area contributed by atoms with E-state index in [2.05, 4.69) is 19.1 Å². The first-order chi connectivity index (χ1) is 13.4. The Hall–Kier alpha value is -1.40. The summed E-state index contributed by atoms with van der Waals surface area (Å²) in [4.78, 5) is 12.3. The zero-order valence-electron chi connectivity index (χ0n) is 17.7. The van der Waals surface area contributed by atoms with Crippen LogP contribution in [-0.4, -0.2) is 35.3 Å². The number of carbonyl (C=O) groups is 1. The number of hydrogen-bond acceptors (Lipinski definition) is 5. The van der Waals surface area contributed by atoms with Gasteiger partial charge in [-0.2, -0.15) is 0 Å². The van der Waals surface area contributed by atoms with Gasteiger partial charge in [-0.15, -0.1) is 0 Å². The standard InChI is InChI=1S/C22H35NO4S/c1-5-6-7-8-9-16-25-20-14-11-18(12-15-20)10-13-19-17-26-28-23(19)21(24)27-22(2,3)4/h11-12,14-15,19H,5-10,13,16-17H2,1-4H3/t19-/m1/s1. The van der Waals surface area contributed by atoms with Gasteiger partial charge in [-0.3, -0.25) is 4.18 Å². The summed E-state index contributed by atoms with van der Waals surface area (Å²) >= 11 is 1.09. The highest BCUT2D eigenvalue weighted by molar-refractivity contribution is 7.93. The van der Waals surface area contributed by atoms with E-state index in [1.54, 1.807) is 4.31 Å². The molecule has 5 nitrogen and oxygen atoms in total. The van der Waals surface area contributed by atoms with Crippen LogP contribution in [0.15, 0.2) is 24.3 Å². The first-order valence-corrected chi connectivity index (χ1v) is 11.1. The second kappa shape index (κ2) is 11.6. The molecule has 1 amide bonds. The minimum Gasteiger partial charge on any atom is -0.494 e. The quantitative estimate of drug-likeness (QED) is 0.263. The topological polar surface area (TPSA) is 48.0 Å². The van der Waals surface area contributed by atoms with E-state index in [4.69, 9.17) is 13.7 Å². The average Bonchev–Trinajstić information content (AvgIpc) is 3.11. The number of amides is 1. The molecule has 0 aromatic heterocycles. The molecule has 1 aliphatic rings. The number of rotatable bonds is 10. The number of carbonyl (C=O) groups excluding carboxylic acids is 1. The lowest BCUT2D eigenvalue weighted by atomic mass is 10.1. The van der Waals surface area contributed by atoms with E-state index in [1.165, 1.54) is 31.2 Å². The molecule has 1 aromatic carbocycles. The number of ether oxygens (including phenoxy) is 2. The summed E-state index contributed by atoms with van der Waals surface area (Å²) in [6, 6.07) is 8.30. The molecule has 6 heteroatoms. The minimum absolute atomic E-state index is 0.0268. The van der Waals surface area contributed by atoms with E-state index in [9.17, 15) is 4.79 Å². The third-order valence-corrected chi connectivity index (χ3v) is 5.35. The van der Waals surface area contributed by atoms with Gasteiger partial charge in [-0.1, -0.05) is 44.7 Å². The van der Waals surface area contributed by atoms with Crippen LogP contribution in [0.1, 0.15) is 71.8 Å². The molecule has 158 valence electrons. The molecular formula is C22H35NO4S. The lowest BCUT2D eigenvalue weighted by molar-refractivity contribution is 0.0364. The van der Waals surface area contributed by atoms with Crippen LogP contribution in [0.25, 0.3) is 0 Å². The van der Waals surface area contributed by atoms with Crippen LogP contribution in [0.3, 0.4) is 0 Å². The highest BCUT2D eigenvalue weighted by atomic mass is 32.2. The Labute approximate surface area is 174 Å². The van der Waals surface area contributed by atoms with Crippen LogP contribution < -0.4 is 4.74 Å². The van der Waals surface area contributed by atoms with Crippen LogP contribution in [-0.2, 0) is 15.3 Å². The minimum atomic E-state index is -0.503. The van der Waals surface area contributed by atoms with E-state index in [-0.39, 0.29) is 12.1 Å². The Kier molecular flexibility index (Phi) is 9.45. The Morgan fingerprint density at radius 3 is 2.57 bits per heavy atom. The van der Waals surface area contributed by atoms with Crippen molar-refractivity contribution in [1.29, 1.82) is 0 Å². The zero-order chi connectivity index (χ0) is 20.4. The lowest BCUT2D eigenvalue weighted by Gasteiger charge is -2.25. The summed E-state index contributed by atoms with van der Waals surface area (Å²) in [5, 5.41) is 0. The van der Waals surface area contributed by atoms with Crippen molar-refractivity contribution in [3.63, 3.8) is 0 Å². The molecule has 1 saturated heterocycles. The van der Waals surface area contributed by atoms with Crippen molar-refractivity contribution in [3.8, 4) is 5.75 Å². The van der Waals surface area contributed by atoms with Gasteiger partial charge in [-0.25, -0.2) is 9.10 Å². The maximum absolute atomic E-state index is 12.3. The highest BCUT2D eigenvalue weighted by Gasteiger charge is 2.34. The van der Waals surface area contributed by atoms with Gasteiger partial charge < -0.3 is 9.47 Å². The third-order valence-electron chi connectivity index (χ3n) is 4.50. The van der Waals surface area contributed by atoms with Gasteiger partial charge in [0.25, 0.3) is 0 Å². The SMILES string of the molecule is CCCCCCCOc1ccc(CC[C@@H]2COSN2C(=O)OC(C)(C)C)cc1. The van der Waals surface area contributed by atoms with Gasteiger partial charge in [0.2, 0.25) is 0 Å². The Morgan fingerprint density at radius 1 is 1.18 bits per heavy atom. The summed E-state index contributed by atoms with van der Waals surface area (Å²) < 4.78 is 18.3. The Bertz CT molecular complexity index is 585. The van der Waals surface area contributed by atoms with Gasteiger partial charge in [0.1, 0.15) is 23.6 Å². The first-order valence-electron chi connectivity index (χ1n) is 10.4. The summed E-state index contributed by atoms with van der Waals surface area (Å²) in [6.07, 6.45) is 7.61. The molecule has 1 atom stereocenters. The van der Waals surface area contributed by atoms with Crippen LogP contribution in [0.4, 0.5) is 4.79 Å². The third kappa shape index (κ3) is 8.31. The fourth-order valence-corrected chi connectivity index (χ4v) is 3.68. The fourth-order valence-electron chi connectivity index (χ4n) is 2.96. The fraction of sp³-hybridized carbons (Fsp3) is 0.682. The first kappa shape index (κ1) is 22.9.